The fourth-order valence-electron chi connectivity index (χ4n) is 1.19. The number of nitrogens with zero attached hydrogens (tertiary/aromatic N) is 3. The van der Waals surface area contributed by atoms with E-state index in [0.717, 1.165) is 0 Å². The maximum absolute atomic E-state index is 12.9. The minimum Gasteiger partial charge on any atom is -0.381 e. The van der Waals surface area contributed by atoms with Gasteiger partial charge in [0.15, 0.2) is 5.82 Å². The lowest BCUT2D eigenvalue weighted by molar-refractivity contribution is 0.624. The Morgan fingerprint density at radius 1 is 1.43 bits per heavy atom. The highest BCUT2D eigenvalue weighted by Gasteiger charge is 2.06. The van der Waals surface area contributed by atoms with Crippen LogP contribution in [0.3, 0.4) is 0 Å². The van der Waals surface area contributed by atoms with Crippen LogP contribution in [0.25, 0.3) is 5.69 Å². The third-order valence-electron chi connectivity index (χ3n) is 1.98. The van der Waals surface area contributed by atoms with Crippen molar-refractivity contribution in [1.82, 2.24) is 15.0 Å². The van der Waals surface area contributed by atoms with Gasteiger partial charge >= 0.3 is 0 Å². The largest absolute Gasteiger partial charge is 0.381 e. The second-order valence-corrected chi connectivity index (χ2v) is 2.95. The molecule has 4 nitrogen and oxygen atoms in total. The summed E-state index contributed by atoms with van der Waals surface area (Å²) >= 11 is 0. The van der Waals surface area contributed by atoms with E-state index in [9.17, 15) is 4.39 Å². The highest BCUT2D eigenvalue weighted by Crippen LogP contribution is 2.13. The summed E-state index contributed by atoms with van der Waals surface area (Å²) in [6, 6.07) is 6.10. The van der Waals surface area contributed by atoms with Gasteiger partial charge in [-0.05, 0) is 25.1 Å². The van der Waals surface area contributed by atoms with Gasteiger partial charge in [-0.2, -0.15) is 0 Å². The zero-order chi connectivity index (χ0) is 10.1. The molecule has 0 spiro atoms. The lowest BCUT2D eigenvalue weighted by atomic mass is 10.3. The zero-order valence-electron chi connectivity index (χ0n) is 7.61. The van der Waals surface area contributed by atoms with Gasteiger partial charge < -0.3 is 5.73 Å². The number of rotatable bonds is 1. The SMILES string of the molecule is Cc1c(N)nnn1-c1cccc(F)c1. The van der Waals surface area contributed by atoms with Crippen molar-refractivity contribution < 1.29 is 4.39 Å². The van der Waals surface area contributed by atoms with E-state index >= 15 is 0 Å². The predicted molar refractivity (Wildman–Crippen MR) is 50.5 cm³/mol. The smallest absolute Gasteiger partial charge is 0.169 e. The van der Waals surface area contributed by atoms with Crippen molar-refractivity contribution in [3.8, 4) is 5.69 Å². The normalized spacial score (nSPS) is 10.4. The van der Waals surface area contributed by atoms with Gasteiger partial charge in [-0.1, -0.05) is 11.3 Å². The van der Waals surface area contributed by atoms with Crippen molar-refractivity contribution in [2.45, 2.75) is 6.92 Å². The molecule has 0 aliphatic carbocycles. The first-order valence-electron chi connectivity index (χ1n) is 4.12. The van der Waals surface area contributed by atoms with Crippen molar-refractivity contribution >= 4 is 5.82 Å². The first kappa shape index (κ1) is 8.68. The van der Waals surface area contributed by atoms with Gasteiger partial charge in [0.2, 0.25) is 0 Å². The molecule has 1 aromatic heterocycles. The second kappa shape index (κ2) is 3.10. The van der Waals surface area contributed by atoms with Crippen LogP contribution in [0.5, 0.6) is 0 Å². The summed E-state index contributed by atoms with van der Waals surface area (Å²) in [5, 5.41) is 7.49. The van der Waals surface area contributed by atoms with Crippen molar-refractivity contribution in [2.75, 3.05) is 5.73 Å². The topological polar surface area (TPSA) is 56.7 Å². The molecule has 0 bridgehead atoms. The highest BCUT2D eigenvalue weighted by molar-refractivity contribution is 5.39. The molecule has 0 amide bonds. The summed E-state index contributed by atoms with van der Waals surface area (Å²) in [5.74, 6) is 0.0465. The molecule has 2 rings (SSSR count). The van der Waals surface area contributed by atoms with Gasteiger partial charge in [-0.25, -0.2) is 9.07 Å². The number of benzene rings is 1. The van der Waals surface area contributed by atoms with Crippen molar-refractivity contribution in [3.05, 3.63) is 35.8 Å². The van der Waals surface area contributed by atoms with E-state index < -0.39 is 0 Å². The van der Waals surface area contributed by atoms with E-state index in [1.54, 1.807) is 19.1 Å². The lowest BCUT2D eigenvalue weighted by Gasteiger charge is -2.02. The van der Waals surface area contributed by atoms with Gasteiger partial charge in [0.05, 0.1) is 11.4 Å². The van der Waals surface area contributed by atoms with Crippen LogP contribution < -0.4 is 5.73 Å². The molecule has 2 aromatic rings. The number of aromatic nitrogens is 3. The number of nitrogen functional groups attached to an aromatic ring is 1. The molecular weight excluding hydrogens is 183 g/mol. The van der Waals surface area contributed by atoms with Gasteiger partial charge in [-0.15, -0.1) is 5.10 Å². The van der Waals surface area contributed by atoms with Gasteiger partial charge in [-0.3, -0.25) is 0 Å². The molecular formula is C9H9FN4. The molecule has 5 heteroatoms. The molecule has 1 aromatic carbocycles. The maximum atomic E-state index is 12.9. The Morgan fingerprint density at radius 3 is 2.79 bits per heavy atom. The monoisotopic (exact) mass is 192 g/mol. The summed E-state index contributed by atoms with van der Waals surface area (Å²) in [6.45, 7) is 1.78. The summed E-state index contributed by atoms with van der Waals surface area (Å²) in [4.78, 5) is 0. The predicted octanol–water partition coefficient (Wildman–Crippen LogP) is 1.30. The Hall–Kier alpha value is -1.91. The van der Waals surface area contributed by atoms with Crippen LogP contribution in [-0.4, -0.2) is 15.0 Å². The fourth-order valence-corrected chi connectivity index (χ4v) is 1.19. The standard InChI is InChI=1S/C9H9FN4/c1-6-9(11)12-13-14(6)8-4-2-3-7(10)5-8/h2-5H,11H2,1H3. The molecule has 2 N–H and O–H groups in total. The molecule has 0 unspecified atom stereocenters. The van der Waals surface area contributed by atoms with Crippen molar-refractivity contribution in [3.63, 3.8) is 0 Å². The first-order valence-corrected chi connectivity index (χ1v) is 4.12. The molecule has 0 aliphatic rings. The molecule has 0 saturated carbocycles. The van der Waals surface area contributed by atoms with Crippen LogP contribution in [0.15, 0.2) is 24.3 Å². The number of hydrogen-bond donors (Lipinski definition) is 1. The van der Waals surface area contributed by atoms with Crippen LogP contribution in [0.1, 0.15) is 5.69 Å². The Bertz CT molecular complexity index is 464. The molecule has 0 aliphatic heterocycles. The summed E-state index contributed by atoms with van der Waals surface area (Å²) in [6.07, 6.45) is 0. The van der Waals surface area contributed by atoms with Gasteiger partial charge in [0.1, 0.15) is 5.82 Å². The van der Waals surface area contributed by atoms with E-state index in [0.29, 0.717) is 17.2 Å². The number of nitrogens with two attached hydrogens (primary N) is 1. The number of hydrogen-bond acceptors (Lipinski definition) is 3. The molecule has 72 valence electrons. The number of halogens is 1. The fraction of sp³-hybridized carbons (Fsp3) is 0.111. The van der Waals surface area contributed by atoms with Crippen LogP contribution in [0.2, 0.25) is 0 Å². The van der Waals surface area contributed by atoms with E-state index in [1.807, 2.05) is 0 Å². The average molecular weight is 192 g/mol. The van der Waals surface area contributed by atoms with Crippen LogP contribution >= 0.6 is 0 Å². The van der Waals surface area contributed by atoms with Crippen LogP contribution in [0, 0.1) is 12.7 Å². The van der Waals surface area contributed by atoms with E-state index in [-0.39, 0.29) is 5.82 Å². The molecule has 0 radical (unpaired) electrons. The number of anilines is 1. The van der Waals surface area contributed by atoms with Crippen molar-refractivity contribution in [2.24, 2.45) is 0 Å². The summed E-state index contributed by atoms with van der Waals surface area (Å²) in [7, 11) is 0. The quantitative estimate of drug-likeness (QED) is 0.740. The molecule has 0 saturated heterocycles. The molecule has 0 atom stereocenters. The third-order valence-corrected chi connectivity index (χ3v) is 1.98. The minimum absolute atomic E-state index is 0.309. The third kappa shape index (κ3) is 1.32. The summed E-state index contributed by atoms with van der Waals surface area (Å²) in [5.41, 5.74) is 6.85. The van der Waals surface area contributed by atoms with Gasteiger partial charge in [0, 0.05) is 0 Å². The Morgan fingerprint density at radius 2 is 2.21 bits per heavy atom. The average Bonchev–Trinajstić information content (AvgIpc) is 2.48. The minimum atomic E-state index is -0.309. The molecule has 14 heavy (non-hydrogen) atoms. The first-order chi connectivity index (χ1) is 6.68. The Labute approximate surface area is 80.2 Å². The lowest BCUT2D eigenvalue weighted by Crippen LogP contribution is -1.99. The van der Waals surface area contributed by atoms with E-state index in [4.69, 9.17) is 5.73 Å². The summed E-state index contributed by atoms with van der Waals surface area (Å²) < 4.78 is 14.4. The van der Waals surface area contributed by atoms with Crippen LogP contribution in [-0.2, 0) is 0 Å². The maximum Gasteiger partial charge on any atom is 0.169 e. The zero-order valence-corrected chi connectivity index (χ0v) is 7.61. The Kier molecular flexibility index (Phi) is 1.92. The second-order valence-electron chi connectivity index (χ2n) is 2.95. The van der Waals surface area contributed by atoms with Crippen LogP contribution in [0.4, 0.5) is 10.2 Å². The van der Waals surface area contributed by atoms with E-state index in [2.05, 4.69) is 10.3 Å². The highest BCUT2D eigenvalue weighted by atomic mass is 19.1. The molecule has 0 fully saturated rings. The van der Waals surface area contributed by atoms with Crippen molar-refractivity contribution in [1.29, 1.82) is 0 Å². The molecule has 1 heterocycles. The Balaban J connectivity index is 2.55. The van der Waals surface area contributed by atoms with E-state index in [1.165, 1.54) is 16.8 Å². The van der Waals surface area contributed by atoms with Gasteiger partial charge in [0.25, 0.3) is 0 Å².